The summed E-state index contributed by atoms with van der Waals surface area (Å²) in [5.41, 5.74) is 1.75. The first-order valence-electron chi connectivity index (χ1n) is 7.55. The number of benzene rings is 1. The first-order chi connectivity index (χ1) is 11.7. The molecule has 2 aromatic heterocycles. The third-order valence-electron chi connectivity index (χ3n) is 3.32. The second-order valence-electron chi connectivity index (χ2n) is 5.07. The van der Waals surface area contributed by atoms with Crippen molar-refractivity contribution in [3.8, 4) is 11.4 Å². The molecule has 2 heterocycles. The number of thiazole rings is 1. The third kappa shape index (κ3) is 3.43. The van der Waals surface area contributed by atoms with E-state index in [2.05, 4.69) is 27.5 Å². The van der Waals surface area contributed by atoms with Gasteiger partial charge in [0.25, 0.3) is 5.91 Å². The Labute approximate surface area is 143 Å². The summed E-state index contributed by atoms with van der Waals surface area (Å²) < 4.78 is 7.19. The normalized spacial score (nSPS) is 10.6. The van der Waals surface area contributed by atoms with Crippen LogP contribution in [0.15, 0.2) is 35.8 Å². The zero-order valence-corrected chi connectivity index (χ0v) is 14.2. The van der Waals surface area contributed by atoms with Crippen LogP contribution >= 0.6 is 11.3 Å². The van der Waals surface area contributed by atoms with Gasteiger partial charge in [0.05, 0.1) is 18.0 Å². The molecule has 7 nitrogen and oxygen atoms in total. The Morgan fingerprint density at radius 2 is 2.12 bits per heavy atom. The van der Waals surface area contributed by atoms with Gasteiger partial charge in [-0.15, -0.1) is 16.4 Å². The molecule has 0 bridgehead atoms. The van der Waals surface area contributed by atoms with Crippen molar-refractivity contribution < 1.29 is 9.53 Å². The van der Waals surface area contributed by atoms with Crippen molar-refractivity contribution in [3.63, 3.8) is 0 Å². The number of amides is 1. The second-order valence-corrected chi connectivity index (χ2v) is 5.96. The number of ether oxygens (including phenoxy) is 1. The Morgan fingerprint density at radius 1 is 1.33 bits per heavy atom. The van der Waals surface area contributed by atoms with Crippen LogP contribution in [0.1, 0.15) is 29.5 Å². The Bertz CT molecular complexity index is 812. The van der Waals surface area contributed by atoms with Gasteiger partial charge in [-0.3, -0.25) is 10.1 Å². The minimum Gasteiger partial charge on any atom is -0.494 e. The van der Waals surface area contributed by atoms with Crippen molar-refractivity contribution in [2.24, 2.45) is 0 Å². The number of hydrogen-bond donors (Lipinski definition) is 1. The van der Waals surface area contributed by atoms with Crippen LogP contribution in [0.4, 0.5) is 5.13 Å². The molecule has 1 N–H and O–H groups in total. The van der Waals surface area contributed by atoms with Gasteiger partial charge in [0.15, 0.2) is 10.8 Å². The van der Waals surface area contributed by atoms with E-state index in [1.54, 1.807) is 23.2 Å². The number of anilines is 1. The molecule has 0 saturated carbocycles. The number of nitrogens with one attached hydrogen (secondary N) is 1. The van der Waals surface area contributed by atoms with Crippen LogP contribution in [0, 0.1) is 6.92 Å². The predicted molar refractivity (Wildman–Crippen MR) is 91.9 cm³/mol. The first-order valence-corrected chi connectivity index (χ1v) is 8.43. The summed E-state index contributed by atoms with van der Waals surface area (Å²) in [4.78, 5) is 16.3. The largest absolute Gasteiger partial charge is 0.494 e. The molecule has 0 aliphatic carbocycles. The molecule has 0 unspecified atom stereocenters. The van der Waals surface area contributed by atoms with Crippen molar-refractivity contribution in [1.82, 2.24) is 20.0 Å². The van der Waals surface area contributed by atoms with Gasteiger partial charge < -0.3 is 4.74 Å². The lowest BCUT2D eigenvalue weighted by molar-refractivity contribution is 0.102. The summed E-state index contributed by atoms with van der Waals surface area (Å²) in [7, 11) is 0. The molecular formula is C16H17N5O2S. The molecule has 1 amide bonds. The number of aromatic nitrogens is 4. The monoisotopic (exact) mass is 343 g/mol. The summed E-state index contributed by atoms with van der Waals surface area (Å²) in [6, 6.07) is 7.52. The Morgan fingerprint density at radius 3 is 2.79 bits per heavy atom. The van der Waals surface area contributed by atoms with E-state index in [-0.39, 0.29) is 11.6 Å². The fourth-order valence-corrected chi connectivity index (χ4v) is 2.65. The van der Waals surface area contributed by atoms with Crippen molar-refractivity contribution in [2.45, 2.75) is 20.3 Å². The number of rotatable bonds is 6. The van der Waals surface area contributed by atoms with Gasteiger partial charge in [-0.1, -0.05) is 12.1 Å². The first kappa shape index (κ1) is 16.1. The van der Waals surface area contributed by atoms with Crippen LogP contribution in [-0.4, -0.2) is 32.5 Å². The topological polar surface area (TPSA) is 81.9 Å². The number of carbonyl (C=O) groups excluding carboxylic acids is 1. The summed E-state index contributed by atoms with van der Waals surface area (Å²) in [6.45, 7) is 4.55. The van der Waals surface area contributed by atoms with Crippen molar-refractivity contribution >= 4 is 22.4 Å². The van der Waals surface area contributed by atoms with Gasteiger partial charge in [0.1, 0.15) is 5.75 Å². The highest BCUT2D eigenvalue weighted by molar-refractivity contribution is 7.13. The average molecular weight is 343 g/mol. The third-order valence-corrected chi connectivity index (χ3v) is 4.01. The molecule has 0 saturated heterocycles. The van der Waals surface area contributed by atoms with Crippen LogP contribution in [-0.2, 0) is 0 Å². The van der Waals surface area contributed by atoms with Gasteiger partial charge in [-0.25, -0.2) is 9.67 Å². The van der Waals surface area contributed by atoms with E-state index in [9.17, 15) is 4.79 Å². The maximum absolute atomic E-state index is 12.3. The minimum absolute atomic E-state index is 0.275. The standard InChI is InChI=1S/C16H17N5O2S/c1-3-9-23-13-6-4-12(5-7-13)21-11(2)14(19-20-21)15(22)18-16-17-8-10-24-16/h4-8,10H,3,9H2,1-2H3,(H,17,18,22). The second kappa shape index (κ2) is 7.22. The highest BCUT2D eigenvalue weighted by atomic mass is 32.1. The fourth-order valence-electron chi connectivity index (χ4n) is 2.13. The molecule has 24 heavy (non-hydrogen) atoms. The van der Waals surface area contributed by atoms with Gasteiger partial charge in [0.2, 0.25) is 0 Å². The van der Waals surface area contributed by atoms with E-state index in [1.165, 1.54) is 11.3 Å². The van der Waals surface area contributed by atoms with E-state index in [0.29, 0.717) is 17.4 Å². The van der Waals surface area contributed by atoms with E-state index >= 15 is 0 Å². The summed E-state index contributed by atoms with van der Waals surface area (Å²) in [5, 5.41) is 13.1. The molecule has 8 heteroatoms. The summed E-state index contributed by atoms with van der Waals surface area (Å²) in [5.74, 6) is 0.483. The van der Waals surface area contributed by atoms with Crippen LogP contribution in [0.25, 0.3) is 5.69 Å². The Balaban J connectivity index is 1.78. The zero-order chi connectivity index (χ0) is 16.9. The minimum atomic E-state index is -0.323. The maximum Gasteiger partial charge on any atom is 0.279 e. The molecule has 0 radical (unpaired) electrons. The highest BCUT2D eigenvalue weighted by Gasteiger charge is 2.18. The molecule has 0 spiro atoms. The Hall–Kier alpha value is -2.74. The molecular weight excluding hydrogens is 326 g/mol. The zero-order valence-electron chi connectivity index (χ0n) is 13.4. The molecule has 3 rings (SSSR count). The van der Waals surface area contributed by atoms with Gasteiger partial charge >= 0.3 is 0 Å². The number of hydrogen-bond acceptors (Lipinski definition) is 6. The molecule has 3 aromatic rings. The van der Waals surface area contributed by atoms with Crippen molar-refractivity contribution in [2.75, 3.05) is 11.9 Å². The molecule has 0 fully saturated rings. The van der Waals surface area contributed by atoms with Gasteiger partial charge in [-0.2, -0.15) is 0 Å². The quantitative estimate of drug-likeness (QED) is 0.744. The lowest BCUT2D eigenvalue weighted by Gasteiger charge is -2.07. The lowest BCUT2D eigenvalue weighted by Crippen LogP contribution is -2.14. The molecule has 124 valence electrons. The predicted octanol–water partition coefficient (Wildman–Crippen LogP) is 3.07. The van der Waals surface area contributed by atoms with E-state index in [1.807, 2.05) is 24.3 Å². The van der Waals surface area contributed by atoms with Crippen LogP contribution < -0.4 is 10.1 Å². The highest BCUT2D eigenvalue weighted by Crippen LogP contribution is 2.18. The molecule has 0 atom stereocenters. The van der Waals surface area contributed by atoms with Crippen molar-refractivity contribution in [1.29, 1.82) is 0 Å². The van der Waals surface area contributed by atoms with Crippen LogP contribution in [0.5, 0.6) is 5.75 Å². The molecule has 0 aliphatic rings. The van der Waals surface area contributed by atoms with Gasteiger partial charge in [-0.05, 0) is 37.6 Å². The average Bonchev–Trinajstić information content (AvgIpc) is 3.23. The molecule has 1 aromatic carbocycles. The van der Waals surface area contributed by atoms with E-state index < -0.39 is 0 Å². The maximum atomic E-state index is 12.3. The fraction of sp³-hybridized carbons (Fsp3) is 0.250. The number of carbonyl (C=O) groups is 1. The van der Waals surface area contributed by atoms with Crippen molar-refractivity contribution in [3.05, 3.63) is 47.2 Å². The smallest absolute Gasteiger partial charge is 0.279 e. The van der Waals surface area contributed by atoms with Gasteiger partial charge in [0, 0.05) is 11.6 Å². The number of nitrogens with zero attached hydrogens (tertiary/aromatic N) is 4. The Kier molecular flexibility index (Phi) is 4.85. The van der Waals surface area contributed by atoms with E-state index in [4.69, 9.17) is 4.74 Å². The molecule has 0 aliphatic heterocycles. The van der Waals surface area contributed by atoms with Crippen LogP contribution in [0.3, 0.4) is 0 Å². The van der Waals surface area contributed by atoms with Crippen LogP contribution in [0.2, 0.25) is 0 Å². The van der Waals surface area contributed by atoms with E-state index in [0.717, 1.165) is 17.9 Å². The summed E-state index contributed by atoms with van der Waals surface area (Å²) >= 11 is 1.35. The lowest BCUT2D eigenvalue weighted by atomic mass is 10.2. The SMILES string of the molecule is CCCOc1ccc(-n2nnc(C(=O)Nc3nccs3)c2C)cc1. The summed E-state index contributed by atoms with van der Waals surface area (Å²) in [6.07, 6.45) is 2.59.